The maximum absolute atomic E-state index is 14.7. The highest BCUT2D eigenvalue weighted by atomic mass is 35.5. The molecular weight excluding hydrogens is 300 g/mol. The summed E-state index contributed by atoms with van der Waals surface area (Å²) >= 11 is 5.80. The lowest BCUT2D eigenvalue weighted by Crippen LogP contribution is -2.18. The number of rotatable bonds is 2. The van der Waals surface area contributed by atoms with Gasteiger partial charge in [0.25, 0.3) is 0 Å². The molecule has 0 aliphatic carbocycles. The summed E-state index contributed by atoms with van der Waals surface area (Å²) in [5.74, 6) is -0.893. The molecule has 1 fully saturated rings. The average molecular weight is 310 g/mol. The molecule has 3 nitrogen and oxygen atoms in total. The van der Waals surface area contributed by atoms with E-state index in [4.69, 9.17) is 16.5 Å². The Bertz CT molecular complexity index is 691. The third-order valence-electron chi connectivity index (χ3n) is 3.36. The van der Waals surface area contributed by atoms with Crippen molar-refractivity contribution in [3.05, 3.63) is 59.7 Å². The Morgan fingerprint density at radius 3 is 2.48 bits per heavy atom. The first-order valence-corrected chi connectivity index (χ1v) is 6.58. The van der Waals surface area contributed by atoms with Crippen molar-refractivity contribution in [3.63, 3.8) is 0 Å². The first-order valence-electron chi connectivity index (χ1n) is 6.24. The molecule has 108 valence electrons. The van der Waals surface area contributed by atoms with Crippen LogP contribution >= 0.6 is 11.8 Å². The lowest BCUT2D eigenvalue weighted by Gasteiger charge is -2.16. The molecule has 2 aromatic carbocycles. The van der Waals surface area contributed by atoms with Crippen LogP contribution in [0.25, 0.3) is 11.1 Å². The molecule has 1 atom stereocenters. The van der Waals surface area contributed by atoms with Crippen LogP contribution in [-0.4, -0.2) is 17.1 Å². The minimum absolute atomic E-state index is 0.00781. The van der Waals surface area contributed by atoms with E-state index in [0.717, 1.165) is 4.42 Å². The lowest BCUT2D eigenvalue weighted by molar-refractivity contribution is 0.170. The number of halogens is 3. The number of amides is 1. The van der Waals surface area contributed by atoms with Crippen LogP contribution in [0, 0.1) is 11.6 Å². The van der Waals surface area contributed by atoms with Crippen LogP contribution in [0.5, 0.6) is 0 Å². The topological polar surface area (TPSA) is 29.5 Å². The van der Waals surface area contributed by atoms with Crippen molar-refractivity contribution >= 4 is 17.9 Å². The van der Waals surface area contributed by atoms with E-state index in [9.17, 15) is 13.6 Å². The zero-order valence-corrected chi connectivity index (χ0v) is 11.5. The number of nitrogens with zero attached hydrogens (tertiary/aromatic N) is 1. The predicted octanol–water partition coefficient (Wildman–Crippen LogP) is 4.28. The zero-order valence-electron chi connectivity index (χ0n) is 10.7. The van der Waals surface area contributed by atoms with Gasteiger partial charge in [-0.2, -0.15) is 0 Å². The van der Waals surface area contributed by atoms with E-state index in [0.29, 0.717) is 11.1 Å². The van der Waals surface area contributed by atoms with Crippen molar-refractivity contribution < 1.29 is 18.3 Å². The first kappa shape index (κ1) is 13.8. The van der Waals surface area contributed by atoms with E-state index in [1.165, 1.54) is 24.3 Å². The predicted molar refractivity (Wildman–Crippen MR) is 73.6 cm³/mol. The molecule has 1 aliphatic rings. The summed E-state index contributed by atoms with van der Waals surface area (Å²) in [5, 5.41) is 0. The molecule has 0 radical (unpaired) electrons. The molecule has 1 amide bonds. The molecule has 6 heteroatoms. The summed E-state index contributed by atoms with van der Waals surface area (Å²) in [6.45, 7) is -0.00781. The number of benzene rings is 2. The normalized spacial score (nSPS) is 18.0. The lowest BCUT2D eigenvalue weighted by atomic mass is 9.99. The van der Waals surface area contributed by atoms with Gasteiger partial charge < -0.3 is 4.74 Å². The van der Waals surface area contributed by atoms with Crippen molar-refractivity contribution in [2.45, 2.75) is 6.04 Å². The molecule has 3 rings (SSSR count). The summed E-state index contributed by atoms with van der Waals surface area (Å²) in [4.78, 5) is 11.3. The monoisotopic (exact) mass is 309 g/mol. The van der Waals surface area contributed by atoms with Gasteiger partial charge in [-0.25, -0.2) is 18.0 Å². The van der Waals surface area contributed by atoms with Crippen LogP contribution in [0.3, 0.4) is 0 Å². The van der Waals surface area contributed by atoms with Gasteiger partial charge in [-0.3, -0.25) is 0 Å². The Morgan fingerprint density at radius 2 is 1.86 bits per heavy atom. The second kappa shape index (κ2) is 5.33. The fourth-order valence-corrected chi connectivity index (χ4v) is 2.49. The number of cyclic esters (lactones) is 1. The Morgan fingerprint density at radius 1 is 1.14 bits per heavy atom. The van der Waals surface area contributed by atoms with E-state index in [1.54, 1.807) is 18.2 Å². The van der Waals surface area contributed by atoms with E-state index < -0.39 is 23.8 Å². The van der Waals surface area contributed by atoms with Crippen LogP contribution in [0.2, 0.25) is 0 Å². The highest BCUT2D eigenvalue weighted by molar-refractivity contribution is 6.20. The second-order valence-corrected chi connectivity index (χ2v) is 4.98. The maximum Gasteiger partial charge on any atom is 0.425 e. The maximum atomic E-state index is 14.7. The fraction of sp³-hybridized carbons (Fsp3) is 0.133. The highest BCUT2D eigenvalue weighted by Crippen LogP contribution is 2.34. The number of hydrogen-bond acceptors (Lipinski definition) is 2. The van der Waals surface area contributed by atoms with E-state index >= 15 is 0 Å². The Labute approximate surface area is 124 Å². The van der Waals surface area contributed by atoms with Gasteiger partial charge in [-0.15, -0.1) is 0 Å². The minimum atomic E-state index is -0.701. The van der Waals surface area contributed by atoms with E-state index in [1.807, 2.05) is 0 Å². The minimum Gasteiger partial charge on any atom is -0.446 e. The smallest absolute Gasteiger partial charge is 0.425 e. The molecule has 1 heterocycles. The third kappa shape index (κ3) is 2.45. The summed E-state index contributed by atoms with van der Waals surface area (Å²) < 4.78 is 33.2. The standard InChI is InChI=1S/C15H10ClF2NO2/c16-19-13(8-21-15(19)20)12-3-1-2-11(14(12)18)9-4-6-10(17)7-5-9/h1-7,13H,8H2. The molecule has 1 aliphatic heterocycles. The van der Waals surface area contributed by atoms with Gasteiger partial charge in [-0.05, 0) is 17.7 Å². The van der Waals surface area contributed by atoms with Gasteiger partial charge in [0, 0.05) is 22.9 Å². The van der Waals surface area contributed by atoms with Gasteiger partial charge in [0.15, 0.2) is 0 Å². The quantitative estimate of drug-likeness (QED) is 0.775. The Kier molecular flexibility index (Phi) is 3.51. The number of hydrogen-bond donors (Lipinski definition) is 0. The van der Waals surface area contributed by atoms with E-state index in [2.05, 4.69) is 0 Å². The first-order chi connectivity index (χ1) is 10.1. The number of carbonyl (C=O) groups is 1. The van der Waals surface area contributed by atoms with Crippen LogP contribution in [-0.2, 0) is 4.74 Å². The van der Waals surface area contributed by atoms with E-state index in [-0.39, 0.29) is 12.2 Å². The van der Waals surface area contributed by atoms with Crippen molar-refractivity contribution in [1.82, 2.24) is 4.42 Å². The summed E-state index contributed by atoms with van der Waals surface area (Å²) in [6, 6.07) is 9.62. The Balaban J connectivity index is 2.03. The molecule has 0 aromatic heterocycles. The van der Waals surface area contributed by atoms with Crippen molar-refractivity contribution in [2.24, 2.45) is 0 Å². The summed E-state index contributed by atoms with van der Waals surface area (Å²) in [5.41, 5.74) is 1.12. The second-order valence-electron chi connectivity index (χ2n) is 4.62. The largest absolute Gasteiger partial charge is 0.446 e. The van der Waals surface area contributed by atoms with Crippen LogP contribution in [0.1, 0.15) is 11.6 Å². The molecule has 21 heavy (non-hydrogen) atoms. The van der Waals surface area contributed by atoms with Crippen molar-refractivity contribution in [3.8, 4) is 11.1 Å². The van der Waals surface area contributed by atoms with Gasteiger partial charge in [0.05, 0.1) is 0 Å². The summed E-state index contributed by atoms with van der Waals surface area (Å²) in [6.07, 6.45) is -0.701. The molecule has 0 N–H and O–H groups in total. The molecule has 1 unspecified atom stereocenters. The highest BCUT2D eigenvalue weighted by Gasteiger charge is 2.35. The molecule has 0 bridgehead atoms. The van der Waals surface area contributed by atoms with Crippen LogP contribution in [0.4, 0.5) is 13.6 Å². The number of ether oxygens (including phenoxy) is 1. The Hall–Kier alpha value is -2.14. The zero-order chi connectivity index (χ0) is 15.0. The van der Waals surface area contributed by atoms with Crippen molar-refractivity contribution in [1.29, 1.82) is 0 Å². The molecule has 0 spiro atoms. The van der Waals surface area contributed by atoms with Crippen molar-refractivity contribution in [2.75, 3.05) is 6.61 Å². The van der Waals surface area contributed by atoms with Crippen LogP contribution in [0.15, 0.2) is 42.5 Å². The average Bonchev–Trinajstić information content (AvgIpc) is 2.81. The molecule has 0 saturated carbocycles. The fourth-order valence-electron chi connectivity index (χ4n) is 2.28. The van der Waals surface area contributed by atoms with Gasteiger partial charge in [-0.1, -0.05) is 30.3 Å². The SMILES string of the molecule is O=C1OCC(c2cccc(-c3ccc(F)cc3)c2F)N1Cl. The van der Waals surface area contributed by atoms with Crippen LogP contribution < -0.4 is 0 Å². The van der Waals surface area contributed by atoms with Gasteiger partial charge in [0.2, 0.25) is 0 Å². The number of carbonyl (C=O) groups excluding carboxylic acids is 1. The molecular formula is C15H10ClF2NO2. The molecule has 1 saturated heterocycles. The molecule has 2 aromatic rings. The van der Waals surface area contributed by atoms with Gasteiger partial charge in [0.1, 0.15) is 24.3 Å². The summed E-state index contributed by atoms with van der Waals surface area (Å²) in [7, 11) is 0. The third-order valence-corrected chi connectivity index (χ3v) is 3.73. The van der Waals surface area contributed by atoms with Gasteiger partial charge >= 0.3 is 6.09 Å².